The van der Waals surface area contributed by atoms with E-state index in [1.54, 1.807) is 11.1 Å². The molecule has 0 fully saturated rings. The fourth-order valence-corrected chi connectivity index (χ4v) is 3.20. The summed E-state index contributed by atoms with van der Waals surface area (Å²) in [5, 5.41) is 4.68. The molecule has 0 unspecified atom stereocenters. The SMILES string of the molecule is CCCCCCCCc1cscc1C(C)C. The predicted octanol–water partition coefficient (Wildman–Crippen LogP) is 5.77. The number of hydrogen-bond acceptors (Lipinski definition) is 1. The molecule has 1 rings (SSSR count). The molecule has 0 saturated heterocycles. The number of hydrogen-bond donors (Lipinski definition) is 0. The highest BCUT2D eigenvalue weighted by molar-refractivity contribution is 7.08. The molecular weight excluding hydrogens is 212 g/mol. The van der Waals surface area contributed by atoms with Gasteiger partial charge in [0.1, 0.15) is 0 Å². The predicted molar refractivity (Wildman–Crippen MR) is 75.5 cm³/mol. The molecule has 92 valence electrons. The first-order valence-corrected chi connectivity index (χ1v) is 7.75. The van der Waals surface area contributed by atoms with Crippen molar-refractivity contribution in [2.75, 3.05) is 0 Å². The van der Waals surface area contributed by atoms with Crippen LogP contribution in [0.4, 0.5) is 0 Å². The highest BCUT2D eigenvalue weighted by Gasteiger charge is 2.06. The molecule has 0 radical (unpaired) electrons. The van der Waals surface area contributed by atoms with E-state index >= 15 is 0 Å². The molecule has 0 aliphatic carbocycles. The van der Waals surface area contributed by atoms with Crippen molar-refractivity contribution in [3.05, 3.63) is 21.9 Å². The number of aryl methyl sites for hydroxylation is 1. The van der Waals surface area contributed by atoms with Crippen LogP contribution in [0.3, 0.4) is 0 Å². The van der Waals surface area contributed by atoms with Crippen molar-refractivity contribution in [3.63, 3.8) is 0 Å². The van der Waals surface area contributed by atoms with Crippen LogP contribution < -0.4 is 0 Å². The second-order valence-corrected chi connectivity index (χ2v) is 5.77. The summed E-state index contributed by atoms with van der Waals surface area (Å²) in [5.74, 6) is 0.696. The van der Waals surface area contributed by atoms with Crippen LogP contribution in [0.5, 0.6) is 0 Å². The van der Waals surface area contributed by atoms with E-state index in [9.17, 15) is 0 Å². The Balaban J connectivity index is 2.19. The van der Waals surface area contributed by atoms with Gasteiger partial charge in [-0.2, -0.15) is 11.3 Å². The quantitative estimate of drug-likeness (QED) is 0.504. The van der Waals surface area contributed by atoms with Crippen LogP contribution in [0.25, 0.3) is 0 Å². The first kappa shape index (κ1) is 13.8. The van der Waals surface area contributed by atoms with Crippen LogP contribution in [0.1, 0.15) is 76.3 Å². The first-order chi connectivity index (χ1) is 7.75. The summed E-state index contributed by atoms with van der Waals surface area (Å²) < 4.78 is 0. The zero-order valence-corrected chi connectivity index (χ0v) is 11.9. The van der Waals surface area contributed by atoms with E-state index in [1.165, 1.54) is 44.9 Å². The second kappa shape index (κ2) is 7.89. The Morgan fingerprint density at radius 3 is 2.38 bits per heavy atom. The van der Waals surface area contributed by atoms with E-state index in [1.807, 2.05) is 11.3 Å². The molecular formula is C15H26S. The molecule has 0 aliphatic heterocycles. The summed E-state index contributed by atoms with van der Waals surface area (Å²) in [5.41, 5.74) is 3.19. The molecule has 0 aromatic carbocycles. The fourth-order valence-electron chi connectivity index (χ4n) is 2.14. The molecule has 0 N–H and O–H groups in total. The van der Waals surface area contributed by atoms with E-state index in [0.29, 0.717) is 5.92 Å². The van der Waals surface area contributed by atoms with Gasteiger partial charge in [-0.25, -0.2) is 0 Å². The summed E-state index contributed by atoms with van der Waals surface area (Å²) in [6, 6.07) is 0. The zero-order valence-electron chi connectivity index (χ0n) is 11.1. The van der Waals surface area contributed by atoms with Gasteiger partial charge in [0.05, 0.1) is 0 Å². The monoisotopic (exact) mass is 238 g/mol. The van der Waals surface area contributed by atoms with Gasteiger partial charge in [0, 0.05) is 0 Å². The molecule has 1 heterocycles. The molecule has 0 spiro atoms. The Bertz CT molecular complexity index is 273. The molecule has 0 bridgehead atoms. The maximum Gasteiger partial charge on any atom is -0.00558 e. The minimum atomic E-state index is 0.696. The Morgan fingerprint density at radius 1 is 1.00 bits per heavy atom. The van der Waals surface area contributed by atoms with Crippen molar-refractivity contribution in [2.45, 2.75) is 71.6 Å². The standard InChI is InChI=1S/C15H26S/c1-4-5-6-7-8-9-10-14-11-16-12-15(14)13(2)3/h11-13H,4-10H2,1-3H3. The smallest absolute Gasteiger partial charge is 0.00558 e. The van der Waals surface area contributed by atoms with E-state index in [0.717, 1.165) is 0 Å². The van der Waals surface area contributed by atoms with Crippen molar-refractivity contribution in [3.8, 4) is 0 Å². The highest BCUT2D eigenvalue weighted by Crippen LogP contribution is 2.25. The zero-order chi connectivity index (χ0) is 11.8. The largest absolute Gasteiger partial charge is 0.152 e. The van der Waals surface area contributed by atoms with Crippen molar-refractivity contribution in [2.24, 2.45) is 0 Å². The Morgan fingerprint density at radius 2 is 1.69 bits per heavy atom. The highest BCUT2D eigenvalue weighted by atomic mass is 32.1. The topological polar surface area (TPSA) is 0 Å². The average Bonchev–Trinajstić information content (AvgIpc) is 2.71. The fraction of sp³-hybridized carbons (Fsp3) is 0.733. The summed E-state index contributed by atoms with van der Waals surface area (Å²) >= 11 is 1.87. The van der Waals surface area contributed by atoms with Crippen molar-refractivity contribution in [1.29, 1.82) is 0 Å². The molecule has 1 aromatic heterocycles. The van der Waals surface area contributed by atoms with Crippen LogP contribution in [0.15, 0.2) is 10.8 Å². The van der Waals surface area contributed by atoms with Crippen molar-refractivity contribution in [1.82, 2.24) is 0 Å². The summed E-state index contributed by atoms with van der Waals surface area (Å²) in [6.45, 7) is 6.87. The third kappa shape index (κ3) is 4.69. The van der Waals surface area contributed by atoms with Crippen molar-refractivity contribution < 1.29 is 0 Å². The minimum Gasteiger partial charge on any atom is -0.152 e. The minimum absolute atomic E-state index is 0.696. The molecule has 0 aliphatic rings. The molecule has 16 heavy (non-hydrogen) atoms. The van der Waals surface area contributed by atoms with Gasteiger partial charge in [0.25, 0.3) is 0 Å². The molecule has 0 atom stereocenters. The molecule has 1 heteroatoms. The number of unbranched alkanes of at least 4 members (excludes halogenated alkanes) is 5. The number of rotatable bonds is 8. The Labute approximate surface area is 105 Å². The Kier molecular flexibility index (Phi) is 6.79. The first-order valence-electron chi connectivity index (χ1n) is 6.80. The van der Waals surface area contributed by atoms with Gasteiger partial charge in [-0.3, -0.25) is 0 Å². The van der Waals surface area contributed by atoms with Crippen LogP contribution in [0, 0.1) is 0 Å². The summed E-state index contributed by atoms with van der Waals surface area (Å²) in [6.07, 6.45) is 9.70. The van der Waals surface area contributed by atoms with Gasteiger partial charge in [0.15, 0.2) is 0 Å². The molecule has 0 saturated carbocycles. The van der Waals surface area contributed by atoms with Gasteiger partial charge in [0.2, 0.25) is 0 Å². The summed E-state index contributed by atoms with van der Waals surface area (Å²) in [7, 11) is 0. The van der Waals surface area contributed by atoms with E-state index in [4.69, 9.17) is 0 Å². The maximum absolute atomic E-state index is 2.35. The number of thiophene rings is 1. The second-order valence-electron chi connectivity index (χ2n) is 5.02. The van der Waals surface area contributed by atoms with E-state index in [-0.39, 0.29) is 0 Å². The van der Waals surface area contributed by atoms with Crippen molar-refractivity contribution >= 4 is 11.3 Å². The lowest BCUT2D eigenvalue weighted by molar-refractivity contribution is 0.606. The van der Waals surface area contributed by atoms with Gasteiger partial charge >= 0.3 is 0 Å². The maximum atomic E-state index is 2.35. The van der Waals surface area contributed by atoms with Crippen LogP contribution in [-0.4, -0.2) is 0 Å². The lowest BCUT2D eigenvalue weighted by atomic mass is 9.98. The molecule has 0 amide bonds. The molecule has 0 nitrogen and oxygen atoms in total. The van der Waals surface area contributed by atoms with Crippen LogP contribution >= 0.6 is 11.3 Å². The van der Waals surface area contributed by atoms with Gasteiger partial charge in [-0.15, -0.1) is 0 Å². The average molecular weight is 238 g/mol. The van der Waals surface area contributed by atoms with E-state index in [2.05, 4.69) is 31.5 Å². The Hall–Kier alpha value is -0.300. The van der Waals surface area contributed by atoms with Crippen LogP contribution in [0.2, 0.25) is 0 Å². The lowest BCUT2D eigenvalue weighted by Crippen LogP contribution is -1.92. The lowest BCUT2D eigenvalue weighted by Gasteiger charge is -2.07. The van der Waals surface area contributed by atoms with Gasteiger partial charge in [-0.1, -0.05) is 52.9 Å². The van der Waals surface area contributed by atoms with Gasteiger partial charge in [-0.05, 0) is 40.6 Å². The molecule has 1 aromatic rings. The van der Waals surface area contributed by atoms with Gasteiger partial charge < -0.3 is 0 Å². The van der Waals surface area contributed by atoms with Crippen LogP contribution in [-0.2, 0) is 6.42 Å². The summed E-state index contributed by atoms with van der Waals surface area (Å²) in [4.78, 5) is 0. The third-order valence-corrected chi connectivity index (χ3v) is 4.01. The van der Waals surface area contributed by atoms with E-state index < -0.39 is 0 Å². The third-order valence-electron chi connectivity index (χ3n) is 3.20. The normalized spacial score (nSPS) is 11.2.